The maximum atomic E-state index is 5.79. The number of benzene rings is 1. The summed E-state index contributed by atoms with van der Waals surface area (Å²) in [5.41, 5.74) is 8.51. The molecule has 1 aliphatic heterocycles. The fourth-order valence-corrected chi connectivity index (χ4v) is 3.73. The van der Waals surface area contributed by atoms with Gasteiger partial charge in [0.1, 0.15) is 11.6 Å². The molecule has 4 N–H and O–H groups in total. The molecule has 0 radical (unpaired) electrons. The normalized spacial score (nSPS) is 14.3. The van der Waals surface area contributed by atoms with Crippen molar-refractivity contribution in [1.29, 1.82) is 0 Å². The number of nitrogens with two attached hydrogens (primary N) is 1. The summed E-state index contributed by atoms with van der Waals surface area (Å²) in [7, 11) is 0. The molecular formula is C19H23N7OS. The van der Waals surface area contributed by atoms with E-state index < -0.39 is 0 Å². The van der Waals surface area contributed by atoms with Crippen molar-refractivity contribution in [1.82, 2.24) is 20.2 Å². The highest BCUT2D eigenvalue weighted by Crippen LogP contribution is 2.32. The molecule has 0 saturated carbocycles. The second-order valence-electron chi connectivity index (χ2n) is 6.64. The molecule has 1 aromatic carbocycles. The summed E-state index contributed by atoms with van der Waals surface area (Å²) in [6.45, 7) is 7.02. The van der Waals surface area contributed by atoms with E-state index in [9.17, 15) is 0 Å². The Morgan fingerprint density at radius 1 is 1.14 bits per heavy atom. The molecular weight excluding hydrogens is 374 g/mol. The molecule has 4 rings (SSSR count). The zero-order chi connectivity index (χ0) is 19.5. The largest absolute Gasteiger partial charge is 0.399 e. The van der Waals surface area contributed by atoms with E-state index in [4.69, 9.17) is 20.4 Å². The fourth-order valence-electron chi connectivity index (χ4n) is 2.98. The average Bonchev–Trinajstić information content (AvgIpc) is 3.11. The Kier molecular flexibility index (Phi) is 5.36. The molecule has 0 amide bonds. The molecule has 28 heavy (non-hydrogen) atoms. The highest BCUT2D eigenvalue weighted by atomic mass is 32.2. The zero-order valence-corrected chi connectivity index (χ0v) is 16.7. The average molecular weight is 398 g/mol. The van der Waals surface area contributed by atoms with Crippen LogP contribution in [0.25, 0.3) is 0 Å². The molecule has 0 spiro atoms. The number of morpholine rings is 1. The number of ether oxygens (including phenoxy) is 1. The summed E-state index contributed by atoms with van der Waals surface area (Å²) in [6, 6.07) is 9.66. The van der Waals surface area contributed by atoms with Gasteiger partial charge in [0.05, 0.1) is 13.2 Å². The van der Waals surface area contributed by atoms with Gasteiger partial charge in [0.25, 0.3) is 0 Å². The smallest absolute Gasteiger partial charge is 0.196 e. The Balaban J connectivity index is 1.69. The minimum Gasteiger partial charge on any atom is -0.399 e. The van der Waals surface area contributed by atoms with E-state index in [1.807, 2.05) is 44.2 Å². The molecule has 0 atom stereocenters. The monoisotopic (exact) mass is 397 g/mol. The lowest BCUT2D eigenvalue weighted by Gasteiger charge is -2.29. The van der Waals surface area contributed by atoms with E-state index in [2.05, 4.69) is 20.4 Å². The molecule has 2 aromatic heterocycles. The maximum absolute atomic E-state index is 5.79. The van der Waals surface area contributed by atoms with Crippen LogP contribution in [0.2, 0.25) is 0 Å². The number of aromatic amines is 1. The van der Waals surface area contributed by atoms with E-state index in [0.29, 0.717) is 18.4 Å². The van der Waals surface area contributed by atoms with Crippen molar-refractivity contribution in [2.24, 2.45) is 0 Å². The molecule has 0 unspecified atom stereocenters. The highest BCUT2D eigenvalue weighted by molar-refractivity contribution is 7.99. The van der Waals surface area contributed by atoms with Crippen LogP contribution in [0, 0.1) is 13.8 Å². The molecule has 8 nitrogen and oxygen atoms in total. The van der Waals surface area contributed by atoms with Gasteiger partial charge in [-0.1, -0.05) is 0 Å². The third kappa shape index (κ3) is 4.20. The van der Waals surface area contributed by atoms with Crippen molar-refractivity contribution in [2.45, 2.75) is 23.9 Å². The number of hydrogen-bond acceptors (Lipinski definition) is 8. The van der Waals surface area contributed by atoms with E-state index >= 15 is 0 Å². The van der Waals surface area contributed by atoms with Gasteiger partial charge in [-0.25, -0.2) is 9.97 Å². The number of nitrogens with one attached hydrogen (secondary N) is 2. The number of aromatic nitrogens is 4. The lowest BCUT2D eigenvalue weighted by Crippen LogP contribution is -2.37. The van der Waals surface area contributed by atoms with Crippen molar-refractivity contribution in [3.63, 3.8) is 0 Å². The van der Waals surface area contributed by atoms with Crippen LogP contribution in [-0.2, 0) is 4.74 Å². The number of hydrogen-bond donors (Lipinski definition) is 3. The van der Waals surface area contributed by atoms with Crippen molar-refractivity contribution >= 4 is 34.9 Å². The number of anilines is 4. The van der Waals surface area contributed by atoms with E-state index in [1.165, 1.54) is 11.8 Å². The third-order valence-corrected chi connectivity index (χ3v) is 5.32. The van der Waals surface area contributed by atoms with Gasteiger partial charge < -0.3 is 20.7 Å². The first-order chi connectivity index (χ1) is 13.6. The molecule has 1 aliphatic rings. The van der Waals surface area contributed by atoms with Gasteiger partial charge in [-0.3, -0.25) is 5.10 Å². The summed E-state index contributed by atoms with van der Waals surface area (Å²) in [4.78, 5) is 12.9. The molecule has 146 valence electrons. The van der Waals surface area contributed by atoms with Crippen LogP contribution in [0.15, 0.2) is 40.4 Å². The summed E-state index contributed by atoms with van der Waals surface area (Å²) < 4.78 is 5.49. The van der Waals surface area contributed by atoms with E-state index in [-0.39, 0.29) is 0 Å². The lowest BCUT2D eigenvalue weighted by molar-refractivity contribution is 0.122. The molecule has 3 heterocycles. The van der Waals surface area contributed by atoms with E-state index in [1.54, 1.807) is 0 Å². The minimum atomic E-state index is 0.673. The molecule has 0 bridgehead atoms. The molecule has 3 aromatic rings. The molecule has 1 saturated heterocycles. The van der Waals surface area contributed by atoms with Gasteiger partial charge in [-0.05, 0) is 49.9 Å². The van der Waals surface area contributed by atoms with Crippen LogP contribution < -0.4 is 16.0 Å². The maximum Gasteiger partial charge on any atom is 0.196 e. The van der Waals surface area contributed by atoms with Gasteiger partial charge in [0.15, 0.2) is 11.0 Å². The van der Waals surface area contributed by atoms with Crippen molar-refractivity contribution in [3.05, 3.63) is 41.6 Å². The summed E-state index contributed by atoms with van der Waals surface area (Å²) in [5, 5.41) is 11.2. The van der Waals surface area contributed by atoms with Gasteiger partial charge in [0.2, 0.25) is 0 Å². The Hall–Kier alpha value is -2.78. The molecule has 9 heteroatoms. The van der Waals surface area contributed by atoms with Gasteiger partial charge in [-0.2, -0.15) is 5.10 Å². The minimum absolute atomic E-state index is 0.673. The second kappa shape index (κ2) is 8.07. The van der Waals surface area contributed by atoms with Crippen molar-refractivity contribution in [2.75, 3.05) is 42.3 Å². The first-order valence-corrected chi connectivity index (χ1v) is 9.94. The summed E-state index contributed by atoms with van der Waals surface area (Å²) >= 11 is 1.51. The number of nitrogen functional groups attached to an aromatic ring is 1. The van der Waals surface area contributed by atoms with E-state index in [0.717, 1.165) is 52.4 Å². The zero-order valence-electron chi connectivity index (χ0n) is 15.9. The van der Waals surface area contributed by atoms with Crippen LogP contribution >= 0.6 is 11.8 Å². The summed E-state index contributed by atoms with van der Waals surface area (Å²) in [5.74, 6) is 2.41. The highest BCUT2D eigenvalue weighted by Gasteiger charge is 2.20. The Bertz CT molecular complexity index is 951. The standard InChI is InChI=1S/C19H23N7OS/c1-12-11-16(25-24-12)21-17-13(2)18(26-7-9-27-10-8-26)23-19(22-17)28-15-5-3-14(20)4-6-15/h3-6,11H,7-10,20H2,1-2H3,(H2,21,22,23,24,25). The quantitative estimate of drug-likeness (QED) is 0.445. The van der Waals surface area contributed by atoms with Crippen molar-refractivity contribution < 1.29 is 4.74 Å². The Morgan fingerprint density at radius 2 is 1.89 bits per heavy atom. The fraction of sp³-hybridized carbons (Fsp3) is 0.316. The lowest BCUT2D eigenvalue weighted by atomic mass is 10.2. The van der Waals surface area contributed by atoms with Crippen LogP contribution in [0.4, 0.5) is 23.1 Å². The number of rotatable bonds is 5. The predicted molar refractivity (Wildman–Crippen MR) is 111 cm³/mol. The number of nitrogens with zero attached hydrogens (tertiary/aromatic N) is 4. The van der Waals surface area contributed by atoms with Crippen LogP contribution in [0.5, 0.6) is 0 Å². The van der Waals surface area contributed by atoms with Gasteiger partial charge >= 0.3 is 0 Å². The Morgan fingerprint density at radius 3 is 2.57 bits per heavy atom. The molecule has 0 aliphatic carbocycles. The molecule has 1 fully saturated rings. The SMILES string of the molecule is Cc1cc(Nc2nc(Sc3ccc(N)cc3)nc(N3CCOCC3)c2C)n[nH]1. The van der Waals surface area contributed by atoms with Gasteiger partial charge in [-0.15, -0.1) is 0 Å². The first-order valence-electron chi connectivity index (χ1n) is 9.12. The number of aryl methyl sites for hydroxylation is 1. The van der Waals surface area contributed by atoms with Crippen molar-refractivity contribution in [3.8, 4) is 0 Å². The summed E-state index contributed by atoms with van der Waals surface area (Å²) in [6.07, 6.45) is 0. The second-order valence-corrected chi connectivity index (χ2v) is 7.68. The predicted octanol–water partition coefficient (Wildman–Crippen LogP) is 3.13. The number of H-pyrrole nitrogens is 1. The van der Waals surface area contributed by atoms with Gasteiger partial charge in [0, 0.05) is 41.0 Å². The Labute approximate surface area is 167 Å². The first kappa shape index (κ1) is 18.6. The van der Waals surface area contributed by atoms with Crippen LogP contribution in [0.1, 0.15) is 11.3 Å². The topological polar surface area (TPSA) is 105 Å². The third-order valence-electron chi connectivity index (χ3n) is 4.45. The van der Waals surface area contributed by atoms with Crippen LogP contribution in [0.3, 0.4) is 0 Å². The van der Waals surface area contributed by atoms with Crippen LogP contribution in [-0.4, -0.2) is 46.5 Å².